The average molecular weight is 464 g/mol. The summed E-state index contributed by atoms with van der Waals surface area (Å²) in [6.45, 7) is 7.95. The van der Waals surface area contributed by atoms with E-state index in [4.69, 9.17) is 9.47 Å². The minimum Gasteiger partial charge on any atom is -0.507 e. The highest BCUT2D eigenvalue weighted by Gasteiger charge is 2.42. The van der Waals surface area contributed by atoms with Crippen LogP contribution < -0.4 is 4.74 Å². The van der Waals surface area contributed by atoms with E-state index in [0.29, 0.717) is 36.7 Å². The number of aromatic nitrogens is 2. The summed E-state index contributed by atoms with van der Waals surface area (Å²) in [4.78, 5) is 15.3. The van der Waals surface area contributed by atoms with Crippen molar-refractivity contribution in [2.24, 2.45) is 0 Å². The molecular weight excluding hydrogens is 430 g/mol. The summed E-state index contributed by atoms with van der Waals surface area (Å²) in [6, 6.07) is 14.7. The number of fused-ring (bicyclic) bond motifs is 1. The van der Waals surface area contributed by atoms with Gasteiger partial charge in [0.25, 0.3) is 5.91 Å². The molecule has 7 nitrogen and oxygen atoms in total. The molecule has 0 spiro atoms. The molecule has 1 atom stereocenters. The summed E-state index contributed by atoms with van der Waals surface area (Å²) < 4.78 is 11.5. The van der Waals surface area contributed by atoms with Crippen LogP contribution in [0.2, 0.25) is 0 Å². The van der Waals surface area contributed by atoms with E-state index in [2.05, 4.69) is 17.1 Å². The molecule has 0 bridgehead atoms. The first-order valence-corrected chi connectivity index (χ1v) is 12.0. The Morgan fingerprint density at radius 2 is 1.85 bits per heavy atom. The number of ether oxygens (including phenoxy) is 2. The minimum absolute atomic E-state index is 0.0954. The Morgan fingerprint density at radius 3 is 2.56 bits per heavy atom. The molecule has 0 fully saturated rings. The topological polar surface area (TPSA) is 87.7 Å². The van der Waals surface area contributed by atoms with Crippen molar-refractivity contribution in [3.05, 3.63) is 65.4 Å². The zero-order chi connectivity index (χ0) is 24.1. The van der Waals surface area contributed by atoms with Crippen LogP contribution in [-0.2, 0) is 4.74 Å². The van der Waals surface area contributed by atoms with Crippen molar-refractivity contribution in [2.45, 2.75) is 52.2 Å². The largest absolute Gasteiger partial charge is 0.507 e. The molecule has 34 heavy (non-hydrogen) atoms. The summed E-state index contributed by atoms with van der Waals surface area (Å²) >= 11 is 0. The number of carbonyl (C=O) groups is 1. The SMILES string of the molecule is CCCCOc1ccc(C2c3c(-c4ccccc4O)n[nH]c3C(=O)N2CCCOC(C)C)cc1. The van der Waals surface area contributed by atoms with E-state index >= 15 is 0 Å². The van der Waals surface area contributed by atoms with Gasteiger partial charge in [-0.05, 0) is 56.5 Å². The molecule has 2 aromatic carbocycles. The highest BCUT2D eigenvalue weighted by atomic mass is 16.5. The third-order valence-corrected chi connectivity index (χ3v) is 5.98. The number of hydrogen-bond acceptors (Lipinski definition) is 5. The summed E-state index contributed by atoms with van der Waals surface area (Å²) in [6.07, 6.45) is 2.96. The molecule has 4 rings (SSSR count). The number of nitrogens with one attached hydrogen (secondary N) is 1. The van der Waals surface area contributed by atoms with E-state index in [-0.39, 0.29) is 23.8 Å². The minimum atomic E-state index is -0.320. The van der Waals surface area contributed by atoms with Crippen molar-refractivity contribution in [1.82, 2.24) is 15.1 Å². The molecule has 0 saturated carbocycles. The van der Waals surface area contributed by atoms with E-state index < -0.39 is 0 Å². The maximum Gasteiger partial charge on any atom is 0.273 e. The number of H-pyrrole nitrogens is 1. The average Bonchev–Trinajstić information content (AvgIpc) is 3.37. The molecule has 1 aliphatic rings. The maximum atomic E-state index is 13.4. The van der Waals surface area contributed by atoms with Crippen molar-refractivity contribution in [1.29, 1.82) is 0 Å². The Kier molecular flexibility index (Phi) is 7.53. The fourth-order valence-electron chi connectivity index (χ4n) is 4.29. The number of carbonyl (C=O) groups excluding carboxylic acids is 1. The van der Waals surface area contributed by atoms with Crippen LogP contribution in [0.15, 0.2) is 48.5 Å². The van der Waals surface area contributed by atoms with Crippen LogP contribution >= 0.6 is 0 Å². The van der Waals surface area contributed by atoms with Gasteiger partial charge in [0.1, 0.15) is 22.9 Å². The molecule has 1 unspecified atom stereocenters. The first kappa shape index (κ1) is 23.8. The number of aromatic amines is 1. The van der Waals surface area contributed by atoms with Gasteiger partial charge in [0.15, 0.2) is 0 Å². The number of nitrogens with zero attached hydrogens (tertiary/aromatic N) is 2. The molecule has 2 heterocycles. The third kappa shape index (κ3) is 4.94. The zero-order valence-corrected chi connectivity index (χ0v) is 20.1. The molecule has 1 aromatic heterocycles. The smallest absolute Gasteiger partial charge is 0.273 e. The van der Waals surface area contributed by atoms with Crippen LogP contribution in [0.1, 0.15) is 67.7 Å². The van der Waals surface area contributed by atoms with Crippen molar-refractivity contribution >= 4 is 5.91 Å². The maximum absolute atomic E-state index is 13.4. The van der Waals surface area contributed by atoms with E-state index in [1.165, 1.54) is 0 Å². The number of rotatable bonds is 11. The number of hydrogen-bond donors (Lipinski definition) is 2. The Labute approximate surface area is 200 Å². The molecule has 7 heteroatoms. The second kappa shape index (κ2) is 10.7. The summed E-state index contributed by atoms with van der Waals surface area (Å²) in [5.41, 5.74) is 3.42. The monoisotopic (exact) mass is 463 g/mol. The number of para-hydroxylation sites is 1. The van der Waals surface area contributed by atoms with E-state index in [1.54, 1.807) is 12.1 Å². The molecule has 0 saturated heterocycles. The highest BCUT2D eigenvalue weighted by Crippen LogP contribution is 2.44. The molecule has 1 aliphatic heterocycles. The predicted octanol–water partition coefficient (Wildman–Crippen LogP) is 5.32. The first-order chi connectivity index (χ1) is 16.5. The van der Waals surface area contributed by atoms with Gasteiger partial charge in [-0.1, -0.05) is 37.6 Å². The van der Waals surface area contributed by atoms with Crippen LogP contribution in [-0.4, -0.2) is 52.0 Å². The van der Waals surface area contributed by atoms with Crippen LogP contribution in [0, 0.1) is 0 Å². The number of phenolic OH excluding ortho intramolecular Hbond substituents is 1. The standard InChI is InChI=1S/C27H33N3O4/c1-4-5-16-34-20-13-11-19(12-14-20)26-23-24(21-9-6-7-10-22(21)31)28-29-25(23)27(32)30(26)15-8-17-33-18(2)3/h6-7,9-14,18,26,31H,4-5,8,15-17H2,1-3H3,(H,28,29). The Bertz CT molecular complexity index is 1110. The van der Waals surface area contributed by atoms with Crippen molar-refractivity contribution in [3.63, 3.8) is 0 Å². The van der Waals surface area contributed by atoms with Crippen LogP contribution in [0.4, 0.5) is 0 Å². The molecular formula is C27H33N3O4. The molecule has 2 N–H and O–H groups in total. The Hall–Kier alpha value is -3.32. The van der Waals surface area contributed by atoms with Gasteiger partial charge in [-0.25, -0.2) is 0 Å². The van der Waals surface area contributed by atoms with Gasteiger partial charge in [0.2, 0.25) is 0 Å². The van der Waals surface area contributed by atoms with Crippen LogP contribution in [0.5, 0.6) is 11.5 Å². The normalized spacial score (nSPS) is 15.2. The van der Waals surface area contributed by atoms with Crippen molar-refractivity contribution in [3.8, 4) is 22.8 Å². The van der Waals surface area contributed by atoms with Gasteiger partial charge in [-0.15, -0.1) is 0 Å². The fourth-order valence-corrected chi connectivity index (χ4v) is 4.29. The summed E-state index contributed by atoms with van der Waals surface area (Å²) in [7, 11) is 0. The number of aromatic hydroxyl groups is 1. The lowest BCUT2D eigenvalue weighted by molar-refractivity contribution is 0.0601. The summed E-state index contributed by atoms with van der Waals surface area (Å²) in [5.74, 6) is 0.847. The van der Waals surface area contributed by atoms with Crippen LogP contribution in [0.3, 0.4) is 0 Å². The predicted molar refractivity (Wildman–Crippen MR) is 131 cm³/mol. The van der Waals surface area contributed by atoms with Gasteiger partial charge < -0.3 is 19.5 Å². The van der Waals surface area contributed by atoms with Gasteiger partial charge in [-0.2, -0.15) is 5.10 Å². The van der Waals surface area contributed by atoms with Gasteiger partial charge in [0.05, 0.1) is 18.8 Å². The number of unbranched alkanes of at least 4 members (excludes halogenated alkanes) is 1. The number of amides is 1. The van der Waals surface area contributed by atoms with Gasteiger partial charge in [-0.3, -0.25) is 9.89 Å². The van der Waals surface area contributed by atoms with Crippen molar-refractivity contribution in [2.75, 3.05) is 19.8 Å². The molecule has 0 radical (unpaired) electrons. The number of benzene rings is 2. The highest BCUT2D eigenvalue weighted by molar-refractivity contribution is 6.00. The van der Waals surface area contributed by atoms with E-state index in [0.717, 1.165) is 36.1 Å². The second-order valence-corrected chi connectivity index (χ2v) is 8.82. The number of phenols is 1. The second-order valence-electron chi connectivity index (χ2n) is 8.82. The van der Waals surface area contributed by atoms with E-state index in [9.17, 15) is 9.90 Å². The molecule has 0 aliphatic carbocycles. The Balaban J connectivity index is 1.68. The summed E-state index contributed by atoms with van der Waals surface area (Å²) in [5, 5.41) is 17.9. The van der Waals surface area contributed by atoms with Gasteiger partial charge in [0, 0.05) is 24.3 Å². The Morgan fingerprint density at radius 1 is 1.09 bits per heavy atom. The lowest BCUT2D eigenvalue weighted by Gasteiger charge is -2.26. The van der Waals surface area contributed by atoms with Crippen LogP contribution in [0.25, 0.3) is 11.3 Å². The van der Waals surface area contributed by atoms with E-state index in [1.807, 2.05) is 55.1 Å². The zero-order valence-electron chi connectivity index (χ0n) is 20.1. The molecule has 180 valence electrons. The molecule has 1 amide bonds. The lowest BCUT2D eigenvalue weighted by Crippen LogP contribution is -2.31. The van der Waals surface area contributed by atoms with Gasteiger partial charge >= 0.3 is 0 Å². The quantitative estimate of drug-likeness (QED) is 0.376. The lowest BCUT2D eigenvalue weighted by atomic mass is 9.95. The third-order valence-electron chi connectivity index (χ3n) is 5.98. The molecule has 3 aromatic rings. The fraction of sp³-hybridized carbons (Fsp3) is 0.407. The first-order valence-electron chi connectivity index (χ1n) is 12.0. The van der Waals surface area contributed by atoms with Crippen molar-refractivity contribution < 1.29 is 19.4 Å².